The lowest BCUT2D eigenvalue weighted by molar-refractivity contribution is 0.0184. The number of likely N-dealkylation sites (tertiary alicyclic amines) is 1. The largest absolute Gasteiger partial charge is 0.462 e. The number of carbonyl (C=O) groups is 3. The second-order valence-electron chi connectivity index (χ2n) is 10.2. The molecule has 1 fully saturated rings. The van der Waals surface area contributed by atoms with Crippen molar-refractivity contribution >= 4 is 23.4 Å². The number of aromatic nitrogens is 3. The molecular formula is C27H34N4O5. The Hall–Kier alpha value is -3.62. The maximum atomic E-state index is 12.5. The van der Waals surface area contributed by atoms with Crippen LogP contribution in [0.5, 0.6) is 0 Å². The molecule has 0 spiro atoms. The molecule has 9 nitrogen and oxygen atoms in total. The zero-order valence-electron chi connectivity index (χ0n) is 21.8. The Morgan fingerprint density at radius 3 is 2.39 bits per heavy atom. The van der Waals surface area contributed by atoms with Crippen LogP contribution in [0.3, 0.4) is 0 Å². The van der Waals surface area contributed by atoms with Gasteiger partial charge in [0.15, 0.2) is 5.78 Å². The number of ether oxygens (including phenoxy) is 2. The van der Waals surface area contributed by atoms with Crippen molar-refractivity contribution in [2.24, 2.45) is 0 Å². The quantitative estimate of drug-likeness (QED) is 0.363. The number of Topliss-reactive ketones (excluding diaryl/α,β-unsaturated/α-hetero) is 1. The minimum atomic E-state index is -0.510. The molecule has 0 aliphatic carbocycles. The number of fused-ring (bicyclic) bond motifs is 1. The van der Waals surface area contributed by atoms with Gasteiger partial charge in [0.1, 0.15) is 5.60 Å². The smallest absolute Gasteiger partial charge is 0.410 e. The number of hydrogen-bond donors (Lipinski definition) is 0. The van der Waals surface area contributed by atoms with Gasteiger partial charge in [-0.05, 0) is 65.2 Å². The molecule has 0 atom stereocenters. The zero-order chi connectivity index (χ0) is 26.2. The number of hydrogen-bond acceptors (Lipinski definition) is 6. The van der Waals surface area contributed by atoms with Crippen LogP contribution < -0.4 is 0 Å². The predicted molar refractivity (Wildman–Crippen MR) is 135 cm³/mol. The summed E-state index contributed by atoms with van der Waals surface area (Å²) in [5.41, 5.74) is 3.50. The van der Waals surface area contributed by atoms with Gasteiger partial charge in [0.25, 0.3) is 0 Å². The fourth-order valence-electron chi connectivity index (χ4n) is 4.69. The van der Waals surface area contributed by atoms with Crippen LogP contribution in [0.25, 0.3) is 16.6 Å². The number of piperidine rings is 1. The van der Waals surface area contributed by atoms with Crippen LogP contribution in [0.4, 0.5) is 4.79 Å². The third-order valence-electron chi connectivity index (χ3n) is 6.40. The molecule has 4 heterocycles. The number of carbonyl (C=O) groups excluding carboxylic acids is 3. The number of amides is 1. The predicted octanol–water partition coefficient (Wildman–Crippen LogP) is 5.06. The number of nitrogens with zero attached hydrogens (tertiary/aromatic N) is 4. The van der Waals surface area contributed by atoms with E-state index in [4.69, 9.17) is 9.47 Å². The highest BCUT2D eigenvalue weighted by molar-refractivity contribution is 6.01. The maximum Gasteiger partial charge on any atom is 0.410 e. The molecule has 0 aromatic carbocycles. The average molecular weight is 495 g/mol. The highest BCUT2D eigenvalue weighted by Crippen LogP contribution is 2.30. The van der Waals surface area contributed by atoms with Gasteiger partial charge in [0.2, 0.25) is 0 Å². The normalized spacial score (nSPS) is 14.8. The summed E-state index contributed by atoms with van der Waals surface area (Å²) in [6, 6.07) is 3.89. The van der Waals surface area contributed by atoms with Crippen molar-refractivity contribution < 1.29 is 23.9 Å². The highest BCUT2D eigenvalue weighted by Gasteiger charge is 2.28. The molecule has 0 unspecified atom stereocenters. The summed E-state index contributed by atoms with van der Waals surface area (Å²) in [6.45, 7) is 12.1. The summed E-state index contributed by atoms with van der Waals surface area (Å²) in [5.74, 6) is -0.563. The molecule has 3 aromatic rings. The standard InChI is InChI=1S/C27H34N4O5/c1-7-35-25(33)23-13-22-12-19(15-30(22)24(17(23)2)18(3)32)20-14-28-31(16-20)21-8-10-29(11-9-21)26(34)36-27(4,5)6/h12-16,21H,7-11H2,1-6H3. The molecule has 9 heteroatoms. The van der Waals surface area contributed by atoms with E-state index >= 15 is 0 Å². The molecule has 0 bridgehead atoms. The van der Waals surface area contributed by atoms with Crippen LogP contribution >= 0.6 is 0 Å². The molecule has 36 heavy (non-hydrogen) atoms. The molecule has 0 radical (unpaired) electrons. The molecule has 1 saturated heterocycles. The lowest BCUT2D eigenvalue weighted by atomic mass is 10.0. The Morgan fingerprint density at radius 2 is 1.78 bits per heavy atom. The third kappa shape index (κ3) is 5.15. The summed E-state index contributed by atoms with van der Waals surface area (Å²) in [7, 11) is 0. The molecule has 3 aromatic heterocycles. The first-order chi connectivity index (χ1) is 17.0. The van der Waals surface area contributed by atoms with Gasteiger partial charge in [0.05, 0.1) is 30.1 Å². The summed E-state index contributed by atoms with van der Waals surface area (Å²) in [4.78, 5) is 39.1. The lowest BCUT2D eigenvalue weighted by Gasteiger charge is -2.33. The van der Waals surface area contributed by atoms with Crippen molar-refractivity contribution in [1.82, 2.24) is 19.1 Å². The fourth-order valence-corrected chi connectivity index (χ4v) is 4.69. The molecule has 192 valence electrons. The molecule has 0 N–H and O–H groups in total. The Bertz CT molecular complexity index is 1310. The number of esters is 1. The van der Waals surface area contributed by atoms with Crippen molar-refractivity contribution in [3.63, 3.8) is 0 Å². The average Bonchev–Trinajstić information content (AvgIpc) is 3.44. The first kappa shape index (κ1) is 25.5. The van der Waals surface area contributed by atoms with Gasteiger partial charge in [-0.25, -0.2) is 9.59 Å². The first-order valence-electron chi connectivity index (χ1n) is 12.3. The van der Waals surface area contributed by atoms with E-state index < -0.39 is 11.6 Å². The summed E-state index contributed by atoms with van der Waals surface area (Å²) in [5, 5.41) is 4.59. The molecule has 1 amide bonds. The number of pyridine rings is 1. The van der Waals surface area contributed by atoms with Gasteiger partial charge >= 0.3 is 12.1 Å². The van der Waals surface area contributed by atoms with Crippen LogP contribution in [0.2, 0.25) is 0 Å². The van der Waals surface area contributed by atoms with E-state index in [-0.39, 0.29) is 24.5 Å². The monoisotopic (exact) mass is 494 g/mol. The molecule has 1 aliphatic rings. The van der Waals surface area contributed by atoms with Gasteiger partial charge in [-0.3, -0.25) is 9.48 Å². The third-order valence-corrected chi connectivity index (χ3v) is 6.40. The van der Waals surface area contributed by atoms with E-state index in [1.54, 1.807) is 24.8 Å². The van der Waals surface area contributed by atoms with Crippen molar-refractivity contribution in [1.29, 1.82) is 0 Å². The van der Waals surface area contributed by atoms with Crippen LogP contribution in [0.15, 0.2) is 30.7 Å². The molecular weight excluding hydrogens is 460 g/mol. The topological polar surface area (TPSA) is 95.1 Å². The fraction of sp³-hybridized carbons (Fsp3) is 0.481. The Morgan fingerprint density at radius 1 is 1.08 bits per heavy atom. The summed E-state index contributed by atoms with van der Waals surface area (Å²) < 4.78 is 14.5. The lowest BCUT2D eigenvalue weighted by Crippen LogP contribution is -2.42. The first-order valence-corrected chi connectivity index (χ1v) is 12.3. The van der Waals surface area contributed by atoms with E-state index in [0.29, 0.717) is 29.9 Å². The second kappa shape index (κ2) is 9.79. The van der Waals surface area contributed by atoms with Gasteiger partial charge in [-0.15, -0.1) is 0 Å². The Labute approximate surface area is 211 Å². The van der Waals surface area contributed by atoms with E-state index in [9.17, 15) is 14.4 Å². The van der Waals surface area contributed by atoms with Gasteiger partial charge in [0, 0.05) is 49.1 Å². The summed E-state index contributed by atoms with van der Waals surface area (Å²) in [6.07, 6.45) is 7.00. The van der Waals surface area contributed by atoms with Gasteiger partial charge in [-0.2, -0.15) is 5.10 Å². The highest BCUT2D eigenvalue weighted by atomic mass is 16.6. The second-order valence-corrected chi connectivity index (χ2v) is 10.2. The SMILES string of the molecule is CCOC(=O)c1cc2cc(-c3cnn(C4CCN(C(=O)OC(C)(C)C)CC4)c3)cn2c(C(C)=O)c1C. The van der Waals surface area contributed by atoms with Crippen molar-refractivity contribution in [3.8, 4) is 11.1 Å². The minimum Gasteiger partial charge on any atom is -0.462 e. The molecule has 4 rings (SSSR count). The van der Waals surface area contributed by atoms with Crippen LogP contribution in [-0.4, -0.2) is 62.2 Å². The molecule has 0 saturated carbocycles. The van der Waals surface area contributed by atoms with E-state index in [1.165, 1.54) is 6.92 Å². The number of rotatable bonds is 5. The van der Waals surface area contributed by atoms with Crippen LogP contribution in [0, 0.1) is 6.92 Å². The van der Waals surface area contributed by atoms with Gasteiger partial charge < -0.3 is 18.8 Å². The van der Waals surface area contributed by atoms with E-state index in [1.807, 2.05) is 54.5 Å². The Kier molecular flexibility index (Phi) is 6.93. The van der Waals surface area contributed by atoms with Gasteiger partial charge in [-0.1, -0.05) is 0 Å². The number of ketones is 1. The summed E-state index contributed by atoms with van der Waals surface area (Å²) >= 11 is 0. The van der Waals surface area contributed by atoms with E-state index in [2.05, 4.69) is 5.10 Å². The minimum absolute atomic E-state index is 0.127. The van der Waals surface area contributed by atoms with Crippen molar-refractivity contribution in [2.75, 3.05) is 19.7 Å². The van der Waals surface area contributed by atoms with Crippen LogP contribution in [0.1, 0.15) is 79.9 Å². The van der Waals surface area contributed by atoms with Crippen molar-refractivity contribution in [3.05, 3.63) is 47.5 Å². The Balaban J connectivity index is 1.56. The van der Waals surface area contributed by atoms with E-state index in [0.717, 1.165) is 29.5 Å². The van der Waals surface area contributed by atoms with Crippen molar-refractivity contribution in [2.45, 2.75) is 66.0 Å². The maximum absolute atomic E-state index is 12.5. The molecule has 1 aliphatic heterocycles. The zero-order valence-corrected chi connectivity index (χ0v) is 21.8. The van der Waals surface area contributed by atoms with Crippen LogP contribution in [-0.2, 0) is 9.47 Å².